The average molecular weight is 323 g/mol. The Morgan fingerprint density at radius 1 is 1.48 bits per heavy atom. The summed E-state index contributed by atoms with van der Waals surface area (Å²) in [5.41, 5.74) is 0.103. The standard InChI is InChI=1S/C13H17N5O5/c19-4-7(20)3-17-2-1-8(10(17)13(22)23)18-6-16-9-11(18)14-5-15-12(9)21/h5-8,10,19-20H,1-4H2,(H,22,23)(H,14,15,21)/t7?,8?,10-/m0/s1. The molecule has 124 valence electrons. The molecule has 0 bridgehead atoms. The lowest BCUT2D eigenvalue weighted by molar-refractivity contribution is -0.143. The van der Waals surface area contributed by atoms with Crippen molar-refractivity contribution in [1.29, 1.82) is 0 Å². The van der Waals surface area contributed by atoms with E-state index in [9.17, 15) is 19.8 Å². The van der Waals surface area contributed by atoms with Crippen molar-refractivity contribution >= 4 is 17.1 Å². The van der Waals surface area contributed by atoms with E-state index in [1.165, 1.54) is 12.7 Å². The summed E-state index contributed by atoms with van der Waals surface area (Å²) in [5.74, 6) is -1.04. The Labute approximate surface area is 130 Å². The molecule has 0 spiro atoms. The third-order valence-corrected chi connectivity index (χ3v) is 4.10. The van der Waals surface area contributed by atoms with Gasteiger partial charge in [-0.05, 0) is 6.42 Å². The van der Waals surface area contributed by atoms with Crippen LogP contribution in [0.5, 0.6) is 0 Å². The SMILES string of the molecule is O=C(O)[C@@H]1C(n2cnc3c(=O)[nH]cnc32)CCN1CC(O)CO. The first-order chi connectivity index (χ1) is 11.0. The van der Waals surface area contributed by atoms with Gasteiger partial charge < -0.3 is 24.9 Å². The Morgan fingerprint density at radius 3 is 2.96 bits per heavy atom. The van der Waals surface area contributed by atoms with Gasteiger partial charge in [0, 0.05) is 13.1 Å². The van der Waals surface area contributed by atoms with E-state index in [0.717, 1.165) is 0 Å². The molecule has 2 aromatic heterocycles. The Balaban J connectivity index is 1.96. The predicted octanol–water partition coefficient (Wildman–Crippen LogP) is -1.83. The summed E-state index contributed by atoms with van der Waals surface area (Å²) in [6.07, 6.45) is 2.17. The number of fused-ring (bicyclic) bond motifs is 1. The molecule has 0 radical (unpaired) electrons. The highest BCUT2D eigenvalue weighted by Gasteiger charge is 2.41. The molecule has 4 N–H and O–H groups in total. The van der Waals surface area contributed by atoms with Gasteiger partial charge in [-0.15, -0.1) is 0 Å². The number of hydrogen-bond donors (Lipinski definition) is 4. The van der Waals surface area contributed by atoms with Crippen molar-refractivity contribution in [2.45, 2.75) is 24.6 Å². The molecular formula is C13H17N5O5. The molecule has 10 nitrogen and oxygen atoms in total. The van der Waals surface area contributed by atoms with E-state index in [-0.39, 0.29) is 17.6 Å². The number of nitrogens with zero attached hydrogens (tertiary/aromatic N) is 4. The van der Waals surface area contributed by atoms with Gasteiger partial charge in [0.05, 0.1) is 31.4 Å². The molecule has 1 fully saturated rings. The van der Waals surface area contributed by atoms with Crippen LogP contribution in [0.25, 0.3) is 11.2 Å². The Hall–Kier alpha value is -2.30. The van der Waals surface area contributed by atoms with E-state index < -0.39 is 30.8 Å². The van der Waals surface area contributed by atoms with Crippen molar-refractivity contribution in [2.24, 2.45) is 0 Å². The minimum atomic E-state index is -1.04. The fourth-order valence-corrected chi connectivity index (χ4v) is 3.09. The van der Waals surface area contributed by atoms with Crippen LogP contribution in [0.2, 0.25) is 0 Å². The highest BCUT2D eigenvalue weighted by atomic mass is 16.4. The number of aliphatic hydroxyl groups is 2. The van der Waals surface area contributed by atoms with Crippen LogP contribution in [-0.4, -0.2) is 77.6 Å². The van der Waals surface area contributed by atoms with Gasteiger partial charge in [0.15, 0.2) is 11.2 Å². The van der Waals surface area contributed by atoms with Gasteiger partial charge in [0.2, 0.25) is 0 Å². The van der Waals surface area contributed by atoms with Gasteiger partial charge in [-0.25, -0.2) is 9.97 Å². The molecule has 0 aromatic carbocycles. The largest absolute Gasteiger partial charge is 0.480 e. The molecule has 3 atom stereocenters. The minimum Gasteiger partial charge on any atom is -0.480 e. The van der Waals surface area contributed by atoms with Crippen LogP contribution in [0, 0.1) is 0 Å². The molecule has 1 aliphatic heterocycles. The number of aromatic nitrogens is 4. The summed E-state index contributed by atoms with van der Waals surface area (Å²) >= 11 is 0. The van der Waals surface area contributed by atoms with Crippen LogP contribution < -0.4 is 5.56 Å². The van der Waals surface area contributed by atoms with E-state index >= 15 is 0 Å². The number of aliphatic carboxylic acids is 1. The fraction of sp³-hybridized carbons (Fsp3) is 0.538. The second-order valence-corrected chi connectivity index (χ2v) is 5.53. The third kappa shape index (κ3) is 2.71. The number of carboxylic acids is 1. The predicted molar refractivity (Wildman–Crippen MR) is 77.9 cm³/mol. The number of rotatable bonds is 5. The van der Waals surface area contributed by atoms with Gasteiger partial charge in [-0.3, -0.25) is 14.5 Å². The number of hydrogen-bond acceptors (Lipinski definition) is 7. The molecule has 0 aliphatic carbocycles. The van der Waals surface area contributed by atoms with Crippen molar-refractivity contribution < 1.29 is 20.1 Å². The van der Waals surface area contributed by atoms with E-state index in [1.807, 2.05) is 0 Å². The van der Waals surface area contributed by atoms with Crippen LogP contribution in [0.4, 0.5) is 0 Å². The monoisotopic (exact) mass is 323 g/mol. The smallest absolute Gasteiger partial charge is 0.323 e. The molecule has 23 heavy (non-hydrogen) atoms. The Kier molecular flexibility index (Phi) is 4.11. The van der Waals surface area contributed by atoms with Crippen LogP contribution in [0.1, 0.15) is 12.5 Å². The molecule has 2 unspecified atom stereocenters. The normalized spacial score (nSPS) is 23.4. The number of imidazole rings is 1. The zero-order chi connectivity index (χ0) is 16.6. The summed E-state index contributed by atoms with van der Waals surface area (Å²) in [5, 5.41) is 28.1. The first-order valence-electron chi connectivity index (χ1n) is 7.19. The molecule has 1 aliphatic rings. The second kappa shape index (κ2) is 6.07. The fourth-order valence-electron chi connectivity index (χ4n) is 3.09. The molecule has 3 heterocycles. The van der Waals surface area contributed by atoms with Crippen LogP contribution in [-0.2, 0) is 4.79 Å². The van der Waals surface area contributed by atoms with Gasteiger partial charge >= 0.3 is 5.97 Å². The Bertz CT molecular complexity index is 771. The van der Waals surface area contributed by atoms with Crippen molar-refractivity contribution in [2.75, 3.05) is 19.7 Å². The average Bonchev–Trinajstić information content (AvgIpc) is 3.11. The number of likely N-dealkylation sites (tertiary alicyclic amines) is 1. The van der Waals surface area contributed by atoms with Gasteiger partial charge in [0.25, 0.3) is 5.56 Å². The van der Waals surface area contributed by atoms with E-state index in [0.29, 0.717) is 18.6 Å². The number of carbonyl (C=O) groups is 1. The van der Waals surface area contributed by atoms with Crippen molar-refractivity contribution in [1.82, 2.24) is 24.4 Å². The van der Waals surface area contributed by atoms with Crippen molar-refractivity contribution in [3.8, 4) is 0 Å². The minimum absolute atomic E-state index is 0.0601. The molecular weight excluding hydrogens is 306 g/mol. The van der Waals surface area contributed by atoms with Crippen LogP contribution in [0.3, 0.4) is 0 Å². The summed E-state index contributed by atoms with van der Waals surface area (Å²) in [7, 11) is 0. The lowest BCUT2D eigenvalue weighted by Gasteiger charge is -2.26. The zero-order valence-electron chi connectivity index (χ0n) is 12.2. The van der Waals surface area contributed by atoms with Crippen LogP contribution >= 0.6 is 0 Å². The zero-order valence-corrected chi connectivity index (χ0v) is 12.2. The third-order valence-electron chi connectivity index (χ3n) is 4.10. The first-order valence-corrected chi connectivity index (χ1v) is 7.19. The number of β-amino-alcohol motifs (C(OH)–C–C–N with tert-alkyl or cyclic N) is 1. The number of aromatic amines is 1. The van der Waals surface area contributed by atoms with E-state index in [2.05, 4.69) is 15.0 Å². The summed E-state index contributed by atoms with van der Waals surface area (Å²) < 4.78 is 1.59. The van der Waals surface area contributed by atoms with Gasteiger partial charge in [-0.1, -0.05) is 0 Å². The molecule has 10 heteroatoms. The van der Waals surface area contributed by atoms with Crippen molar-refractivity contribution in [3.63, 3.8) is 0 Å². The number of carboxylic acid groups (broad SMARTS) is 1. The Morgan fingerprint density at radius 2 is 2.26 bits per heavy atom. The van der Waals surface area contributed by atoms with Gasteiger partial charge in [0.1, 0.15) is 6.04 Å². The first kappa shape index (κ1) is 15.6. The maximum absolute atomic E-state index is 11.7. The van der Waals surface area contributed by atoms with Gasteiger partial charge in [-0.2, -0.15) is 0 Å². The maximum Gasteiger partial charge on any atom is 0.323 e. The molecule has 0 amide bonds. The summed E-state index contributed by atoms with van der Waals surface area (Å²) in [4.78, 5) is 35.5. The lowest BCUT2D eigenvalue weighted by Crippen LogP contribution is -2.44. The molecule has 1 saturated heterocycles. The quantitative estimate of drug-likeness (QED) is 0.503. The van der Waals surface area contributed by atoms with Crippen molar-refractivity contribution in [3.05, 3.63) is 23.0 Å². The highest BCUT2D eigenvalue weighted by Crippen LogP contribution is 2.30. The molecule has 2 aromatic rings. The number of nitrogens with one attached hydrogen (secondary N) is 1. The van der Waals surface area contributed by atoms with Crippen LogP contribution in [0.15, 0.2) is 17.4 Å². The van der Waals surface area contributed by atoms with E-state index in [1.54, 1.807) is 9.47 Å². The second-order valence-electron chi connectivity index (χ2n) is 5.53. The van der Waals surface area contributed by atoms with E-state index in [4.69, 9.17) is 5.11 Å². The summed E-state index contributed by atoms with van der Waals surface area (Å²) in [6.45, 7) is 0.0740. The number of H-pyrrole nitrogens is 1. The molecule has 0 saturated carbocycles. The summed E-state index contributed by atoms with van der Waals surface area (Å²) in [6, 6.07) is -1.35. The number of aliphatic hydroxyl groups excluding tert-OH is 2. The highest BCUT2D eigenvalue weighted by molar-refractivity contribution is 5.76. The molecule has 3 rings (SSSR count). The lowest BCUT2D eigenvalue weighted by atomic mass is 10.1. The maximum atomic E-state index is 11.7. The topological polar surface area (TPSA) is 145 Å².